The maximum absolute atomic E-state index is 4.63. The summed E-state index contributed by atoms with van der Waals surface area (Å²) in [6, 6.07) is 14.2. The molecule has 99 valence electrons. The molecule has 0 aliphatic carbocycles. The van der Waals surface area contributed by atoms with Crippen LogP contribution in [0.5, 0.6) is 0 Å². The molecule has 0 saturated heterocycles. The summed E-state index contributed by atoms with van der Waals surface area (Å²) in [7, 11) is 0. The highest BCUT2D eigenvalue weighted by molar-refractivity contribution is 5.61. The molecule has 0 amide bonds. The average Bonchev–Trinajstić information content (AvgIpc) is 2.38. The first-order valence-electron chi connectivity index (χ1n) is 6.98. The van der Waals surface area contributed by atoms with E-state index in [2.05, 4.69) is 63.0 Å². The van der Waals surface area contributed by atoms with E-state index in [0.717, 1.165) is 11.4 Å². The Morgan fingerprint density at radius 1 is 0.947 bits per heavy atom. The third-order valence-corrected chi connectivity index (χ3v) is 3.34. The zero-order chi connectivity index (χ0) is 14.0. The van der Waals surface area contributed by atoms with E-state index in [1.807, 2.05) is 13.0 Å². The zero-order valence-corrected chi connectivity index (χ0v) is 12.5. The summed E-state index contributed by atoms with van der Waals surface area (Å²) in [6.45, 7) is 10.9. The highest BCUT2D eigenvalue weighted by Crippen LogP contribution is 2.27. The van der Waals surface area contributed by atoms with Gasteiger partial charge in [-0.05, 0) is 60.2 Å². The normalized spacial score (nSPS) is 11.3. The van der Waals surface area contributed by atoms with Crippen molar-refractivity contribution in [2.45, 2.75) is 46.5 Å². The predicted octanol–water partition coefficient (Wildman–Crippen LogP) is 5.10. The van der Waals surface area contributed by atoms with Crippen molar-refractivity contribution in [2.24, 2.45) is 0 Å². The van der Waals surface area contributed by atoms with Gasteiger partial charge in [-0.3, -0.25) is 4.98 Å². The molecule has 0 atom stereocenters. The van der Waals surface area contributed by atoms with Crippen molar-refractivity contribution in [3.8, 4) is 11.3 Å². The molecule has 1 heterocycles. The lowest BCUT2D eigenvalue weighted by Gasteiger charge is -2.13. The molecular formula is C18H22N. The molecule has 0 fully saturated rings. The second kappa shape index (κ2) is 5.56. The molecule has 19 heavy (non-hydrogen) atoms. The van der Waals surface area contributed by atoms with E-state index in [1.165, 1.54) is 16.7 Å². The molecule has 1 radical (unpaired) electrons. The molecule has 0 unspecified atom stereocenters. The van der Waals surface area contributed by atoms with Crippen LogP contribution >= 0.6 is 0 Å². The lowest BCUT2D eigenvalue weighted by atomic mass is 9.92. The second-order valence-corrected chi connectivity index (χ2v) is 5.75. The van der Waals surface area contributed by atoms with Gasteiger partial charge in [0.2, 0.25) is 0 Å². The maximum Gasteiger partial charge on any atom is 0.0705 e. The number of aryl methyl sites for hydroxylation is 1. The molecular weight excluding hydrogens is 230 g/mol. The van der Waals surface area contributed by atoms with Crippen molar-refractivity contribution in [1.29, 1.82) is 0 Å². The molecule has 2 aromatic rings. The number of hydrogen-bond acceptors (Lipinski definition) is 1. The minimum atomic E-state index is 0.488. The monoisotopic (exact) mass is 252 g/mol. The van der Waals surface area contributed by atoms with Gasteiger partial charge in [0.05, 0.1) is 5.69 Å². The largest absolute Gasteiger partial charge is 0.253 e. The number of rotatable bonds is 3. The minimum absolute atomic E-state index is 0.488. The van der Waals surface area contributed by atoms with Crippen LogP contribution in [0.3, 0.4) is 0 Å². The number of benzene rings is 1. The summed E-state index contributed by atoms with van der Waals surface area (Å²) in [4.78, 5) is 4.63. The lowest BCUT2D eigenvalue weighted by molar-refractivity contribution is 0.831. The van der Waals surface area contributed by atoms with E-state index in [0.29, 0.717) is 11.8 Å². The van der Waals surface area contributed by atoms with Crippen molar-refractivity contribution >= 4 is 0 Å². The Morgan fingerprint density at radius 3 is 2.00 bits per heavy atom. The van der Waals surface area contributed by atoms with Gasteiger partial charge in [0.1, 0.15) is 0 Å². The summed E-state index contributed by atoms with van der Waals surface area (Å²) in [6.07, 6.45) is 0. The Bertz CT molecular complexity index is 541. The van der Waals surface area contributed by atoms with Gasteiger partial charge in [0.15, 0.2) is 0 Å². The molecule has 0 spiro atoms. The molecule has 1 heteroatoms. The van der Waals surface area contributed by atoms with Crippen molar-refractivity contribution in [2.75, 3.05) is 0 Å². The van der Waals surface area contributed by atoms with Gasteiger partial charge in [0, 0.05) is 11.3 Å². The number of pyridine rings is 1. The van der Waals surface area contributed by atoms with Crippen LogP contribution in [0, 0.1) is 13.0 Å². The van der Waals surface area contributed by atoms with E-state index in [4.69, 9.17) is 0 Å². The first kappa shape index (κ1) is 13.8. The van der Waals surface area contributed by atoms with Crippen molar-refractivity contribution in [3.05, 3.63) is 53.2 Å². The molecule has 1 aromatic heterocycles. The number of nitrogens with zero attached hydrogens (tertiary/aromatic N) is 1. The Balaban J connectivity index is 2.56. The molecule has 1 nitrogen and oxygen atoms in total. The first-order valence-corrected chi connectivity index (χ1v) is 6.98. The molecule has 0 aliphatic heterocycles. The van der Waals surface area contributed by atoms with Crippen LogP contribution in [-0.2, 0) is 0 Å². The fourth-order valence-corrected chi connectivity index (χ4v) is 2.09. The Kier molecular flexibility index (Phi) is 4.04. The van der Waals surface area contributed by atoms with Crippen LogP contribution in [0.25, 0.3) is 11.3 Å². The fourth-order valence-electron chi connectivity index (χ4n) is 2.09. The fraction of sp³-hybridized carbons (Fsp3) is 0.389. The highest BCUT2D eigenvalue weighted by Gasteiger charge is 2.09. The number of aromatic nitrogens is 1. The Morgan fingerprint density at radius 2 is 1.53 bits per heavy atom. The number of hydrogen-bond donors (Lipinski definition) is 0. The predicted molar refractivity (Wildman–Crippen MR) is 81.4 cm³/mol. The van der Waals surface area contributed by atoms with Crippen LogP contribution in [0.4, 0.5) is 0 Å². The minimum Gasteiger partial charge on any atom is -0.253 e. The standard InChI is InChI=1S/C18H22N/c1-12(2)15-9-16(13(3)4)11-17(10-15)18-8-6-7-14(5)19-18/h6-8,10-13H,1-5H3. The average molecular weight is 252 g/mol. The van der Waals surface area contributed by atoms with Gasteiger partial charge >= 0.3 is 0 Å². The van der Waals surface area contributed by atoms with Crippen LogP contribution < -0.4 is 0 Å². The van der Waals surface area contributed by atoms with Gasteiger partial charge in [-0.1, -0.05) is 33.8 Å². The van der Waals surface area contributed by atoms with Crippen molar-refractivity contribution in [1.82, 2.24) is 4.98 Å². The smallest absolute Gasteiger partial charge is 0.0705 e. The van der Waals surface area contributed by atoms with E-state index >= 15 is 0 Å². The molecule has 0 aliphatic rings. The SMILES string of the molecule is Cc1cccc(-c2cc(C(C)C)[c]c(C(C)C)c2)n1. The quantitative estimate of drug-likeness (QED) is 0.740. The summed E-state index contributed by atoms with van der Waals surface area (Å²) in [5.41, 5.74) is 5.85. The van der Waals surface area contributed by atoms with Crippen molar-refractivity contribution < 1.29 is 0 Å². The van der Waals surface area contributed by atoms with E-state index in [1.54, 1.807) is 0 Å². The van der Waals surface area contributed by atoms with Gasteiger partial charge in [-0.25, -0.2) is 0 Å². The summed E-state index contributed by atoms with van der Waals surface area (Å²) >= 11 is 0. The lowest BCUT2D eigenvalue weighted by Crippen LogP contribution is -1.96. The third-order valence-electron chi connectivity index (χ3n) is 3.34. The van der Waals surface area contributed by atoms with Crippen molar-refractivity contribution in [3.63, 3.8) is 0 Å². The molecule has 1 aromatic carbocycles. The zero-order valence-electron chi connectivity index (χ0n) is 12.5. The molecule has 0 N–H and O–H groups in total. The van der Waals surface area contributed by atoms with Gasteiger partial charge in [0.25, 0.3) is 0 Å². The van der Waals surface area contributed by atoms with Crippen LogP contribution in [0.1, 0.15) is 56.4 Å². The highest BCUT2D eigenvalue weighted by atomic mass is 14.7. The topological polar surface area (TPSA) is 12.9 Å². The molecule has 0 bridgehead atoms. The van der Waals surface area contributed by atoms with Gasteiger partial charge < -0.3 is 0 Å². The molecule has 2 rings (SSSR count). The van der Waals surface area contributed by atoms with Crippen LogP contribution in [0.2, 0.25) is 0 Å². The summed E-state index contributed by atoms with van der Waals surface area (Å²) in [5.74, 6) is 0.976. The van der Waals surface area contributed by atoms with Crippen LogP contribution in [-0.4, -0.2) is 4.98 Å². The summed E-state index contributed by atoms with van der Waals surface area (Å²) < 4.78 is 0. The maximum atomic E-state index is 4.63. The Hall–Kier alpha value is -1.63. The van der Waals surface area contributed by atoms with Crippen LogP contribution in [0.15, 0.2) is 30.3 Å². The summed E-state index contributed by atoms with van der Waals surface area (Å²) in [5, 5.41) is 0. The first-order chi connectivity index (χ1) is 8.97. The third kappa shape index (κ3) is 3.23. The Labute approximate surface area is 116 Å². The molecule has 0 saturated carbocycles. The van der Waals surface area contributed by atoms with Gasteiger partial charge in [-0.15, -0.1) is 0 Å². The van der Waals surface area contributed by atoms with E-state index in [9.17, 15) is 0 Å². The van der Waals surface area contributed by atoms with Gasteiger partial charge in [-0.2, -0.15) is 0 Å². The van der Waals surface area contributed by atoms with E-state index < -0.39 is 0 Å². The van der Waals surface area contributed by atoms with E-state index in [-0.39, 0.29) is 0 Å². The second-order valence-electron chi connectivity index (χ2n) is 5.75.